The van der Waals surface area contributed by atoms with Gasteiger partial charge in [0.2, 0.25) is 6.29 Å². The Bertz CT molecular complexity index is 401. The van der Waals surface area contributed by atoms with E-state index in [1.165, 1.54) is 55.9 Å². The largest absolute Gasteiger partial charge is 0.289 e. The second-order valence-corrected chi connectivity index (χ2v) is 5.73. The number of hydrogen-bond acceptors (Lipinski definition) is 2. The smallest absolute Gasteiger partial charge is 0.206 e. The first-order chi connectivity index (χ1) is 8.37. The van der Waals surface area contributed by atoms with Crippen molar-refractivity contribution in [1.29, 1.82) is 0 Å². The van der Waals surface area contributed by atoms with E-state index >= 15 is 0 Å². The van der Waals surface area contributed by atoms with Gasteiger partial charge in [-0.15, -0.1) is 0 Å². The summed E-state index contributed by atoms with van der Waals surface area (Å²) in [5.41, 5.74) is 1.50. The molecular formula is C14H20N3+. The van der Waals surface area contributed by atoms with Gasteiger partial charge in [-0.05, 0) is 0 Å². The fraction of sp³-hybridized carbons (Fsp3) is 0.571. The third-order valence-corrected chi connectivity index (χ3v) is 4.82. The maximum absolute atomic E-state index is 2.69. The second-order valence-electron chi connectivity index (χ2n) is 5.73. The van der Waals surface area contributed by atoms with E-state index in [0.29, 0.717) is 6.29 Å². The van der Waals surface area contributed by atoms with E-state index in [9.17, 15) is 0 Å². The Kier molecular flexibility index (Phi) is 2.10. The number of hydrogen-bond donors (Lipinski definition) is 0. The minimum atomic E-state index is 0.704. The van der Waals surface area contributed by atoms with Gasteiger partial charge in [0, 0.05) is 18.7 Å². The summed E-state index contributed by atoms with van der Waals surface area (Å²) in [7, 11) is 0. The fourth-order valence-electron chi connectivity index (χ4n) is 4.05. The molecule has 3 aliphatic rings. The topological polar surface area (TPSA) is 6.48 Å². The Morgan fingerprint density at radius 1 is 0.941 bits per heavy atom. The molecular weight excluding hydrogens is 210 g/mol. The molecule has 0 N–H and O–H groups in total. The van der Waals surface area contributed by atoms with Crippen LogP contribution in [0.15, 0.2) is 30.3 Å². The van der Waals surface area contributed by atoms with Crippen molar-refractivity contribution in [2.45, 2.75) is 12.8 Å². The van der Waals surface area contributed by atoms with Gasteiger partial charge >= 0.3 is 0 Å². The van der Waals surface area contributed by atoms with Crippen molar-refractivity contribution < 1.29 is 4.48 Å². The average Bonchev–Trinajstić information content (AvgIpc) is 2.98. The average molecular weight is 230 g/mol. The highest BCUT2D eigenvalue weighted by Crippen LogP contribution is 2.37. The first-order valence-corrected chi connectivity index (χ1v) is 6.75. The van der Waals surface area contributed by atoms with Gasteiger partial charge in [-0.25, -0.2) is 9.80 Å². The maximum atomic E-state index is 2.69. The zero-order chi connectivity index (χ0) is 11.3. The maximum Gasteiger partial charge on any atom is 0.206 e. The molecule has 17 heavy (non-hydrogen) atoms. The molecule has 3 heterocycles. The van der Waals surface area contributed by atoms with Crippen molar-refractivity contribution in [3.63, 3.8) is 0 Å². The summed E-state index contributed by atoms with van der Waals surface area (Å²) in [6.45, 7) is 9.09. The Labute approximate surface area is 103 Å². The van der Waals surface area contributed by atoms with Crippen LogP contribution in [0.1, 0.15) is 5.56 Å². The Morgan fingerprint density at radius 2 is 1.59 bits per heavy atom. The molecule has 3 nitrogen and oxygen atoms in total. The van der Waals surface area contributed by atoms with Gasteiger partial charge < -0.3 is 0 Å². The first kappa shape index (κ1) is 10.1. The van der Waals surface area contributed by atoms with Crippen LogP contribution in [0, 0.1) is 0 Å². The number of benzene rings is 1. The monoisotopic (exact) mass is 230 g/mol. The van der Waals surface area contributed by atoms with E-state index in [2.05, 4.69) is 40.1 Å². The quantitative estimate of drug-likeness (QED) is 0.698. The molecule has 0 unspecified atom stereocenters. The van der Waals surface area contributed by atoms with Crippen LogP contribution < -0.4 is 0 Å². The van der Waals surface area contributed by atoms with E-state index < -0.39 is 0 Å². The first-order valence-electron chi connectivity index (χ1n) is 6.75. The summed E-state index contributed by atoms with van der Waals surface area (Å²) in [5.74, 6) is 0. The summed E-state index contributed by atoms with van der Waals surface area (Å²) in [5, 5.41) is 0. The van der Waals surface area contributed by atoms with Crippen LogP contribution in [-0.4, -0.2) is 59.8 Å². The Balaban J connectivity index is 1.64. The molecule has 3 heteroatoms. The zero-order valence-electron chi connectivity index (χ0n) is 10.3. The number of rotatable bonds is 2. The standard InChI is InChI=1S/C14H20N3/c1-2-4-13(5-3-1)12-17-10-8-15-6-7-16(9-11-17)14(15)17/h1-5,14H,6-12H2/q+1. The van der Waals surface area contributed by atoms with Crippen molar-refractivity contribution >= 4 is 0 Å². The predicted octanol–water partition coefficient (Wildman–Crippen LogP) is 0.932. The van der Waals surface area contributed by atoms with Crippen molar-refractivity contribution in [3.05, 3.63) is 35.9 Å². The van der Waals surface area contributed by atoms with Crippen molar-refractivity contribution in [2.75, 3.05) is 39.3 Å². The van der Waals surface area contributed by atoms with E-state index in [1.807, 2.05) is 0 Å². The minimum Gasteiger partial charge on any atom is -0.289 e. The molecule has 3 aliphatic heterocycles. The van der Waals surface area contributed by atoms with Crippen LogP contribution in [0.25, 0.3) is 0 Å². The van der Waals surface area contributed by atoms with Crippen LogP contribution in [0.2, 0.25) is 0 Å². The van der Waals surface area contributed by atoms with Gasteiger partial charge in [-0.1, -0.05) is 30.3 Å². The minimum absolute atomic E-state index is 0.704. The van der Waals surface area contributed by atoms with Gasteiger partial charge in [0.1, 0.15) is 6.54 Å². The molecule has 0 aliphatic carbocycles. The highest BCUT2D eigenvalue weighted by Gasteiger charge is 2.57. The molecule has 0 saturated carbocycles. The van der Waals surface area contributed by atoms with Gasteiger partial charge in [0.25, 0.3) is 0 Å². The SMILES string of the molecule is c1ccc(C[N+]23CCN4CCN(CC2)C43)cc1. The molecule has 0 atom stereocenters. The van der Waals surface area contributed by atoms with Gasteiger partial charge in [0.15, 0.2) is 0 Å². The normalized spacial score (nSPS) is 36.6. The third-order valence-electron chi connectivity index (χ3n) is 4.82. The van der Waals surface area contributed by atoms with Crippen LogP contribution in [-0.2, 0) is 6.54 Å². The lowest BCUT2D eigenvalue weighted by molar-refractivity contribution is -0.949. The predicted molar refractivity (Wildman–Crippen MR) is 67.1 cm³/mol. The molecule has 1 aromatic rings. The van der Waals surface area contributed by atoms with Crippen LogP contribution in [0.4, 0.5) is 0 Å². The van der Waals surface area contributed by atoms with Crippen molar-refractivity contribution in [2.24, 2.45) is 0 Å². The van der Waals surface area contributed by atoms with Crippen molar-refractivity contribution in [1.82, 2.24) is 9.80 Å². The lowest BCUT2D eigenvalue weighted by Crippen LogP contribution is -2.51. The third kappa shape index (κ3) is 1.39. The molecule has 0 aromatic heterocycles. The molecule has 4 rings (SSSR count). The van der Waals surface area contributed by atoms with Crippen molar-refractivity contribution in [3.8, 4) is 0 Å². The second kappa shape index (κ2) is 3.55. The van der Waals surface area contributed by atoms with Gasteiger partial charge in [0.05, 0.1) is 26.2 Å². The number of quaternary nitrogens is 1. The molecule has 0 amide bonds. The highest BCUT2D eigenvalue weighted by molar-refractivity contribution is 5.13. The van der Waals surface area contributed by atoms with Gasteiger partial charge in [-0.2, -0.15) is 0 Å². The lowest BCUT2D eigenvalue weighted by Gasteiger charge is -2.34. The summed E-state index contributed by atoms with van der Waals surface area (Å²) in [6, 6.07) is 11.0. The van der Waals surface area contributed by atoms with E-state index in [1.54, 1.807) is 0 Å². The highest BCUT2D eigenvalue weighted by atomic mass is 15.7. The fourth-order valence-corrected chi connectivity index (χ4v) is 4.05. The summed E-state index contributed by atoms with van der Waals surface area (Å²) < 4.78 is 1.30. The zero-order valence-corrected chi connectivity index (χ0v) is 10.3. The molecule has 0 bridgehead atoms. The molecule has 90 valence electrons. The van der Waals surface area contributed by atoms with Gasteiger partial charge in [-0.3, -0.25) is 4.48 Å². The van der Waals surface area contributed by atoms with E-state index in [-0.39, 0.29) is 0 Å². The summed E-state index contributed by atoms with van der Waals surface area (Å²) >= 11 is 0. The summed E-state index contributed by atoms with van der Waals surface area (Å²) in [6.07, 6.45) is 0.704. The lowest BCUT2D eigenvalue weighted by atomic mass is 10.2. The number of nitrogens with zero attached hydrogens (tertiary/aromatic N) is 3. The van der Waals surface area contributed by atoms with Crippen LogP contribution in [0.3, 0.4) is 0 Å². The van der Waals surface area contributed by atoms with E-state index in [0.717, 1.165) is 0 Å². The van der Waals surface area contributed by atoms with E-state index in [4.69, 9.17) is 0 Å². The molecule has 3 saturated heterocycles. The summed E-state index contributed by atoms with van der Waals surface area (Å²) in [4.78, 5) is 5.38. The van der Waals surface area contributed by atoms with Crippen LogP contribution in [0.5, 0.6) is 0 Å². The molecule has 3 fully saturated rings. The Morgan fingerprint density at radius 3 is 2.24 bits per heavy atom. The molecule has 0 spiro atoms. The molecule has 0 radical (unpaired) electrons. The Hall–Kier alpha value is -0.900. The van der Waals surface area contributed by atoms with Crippen LogP contribution >= 0.6 is 0 Å². The molecule has 1 aromatic carbocycles.